The molecule has 156 valence electrons. The second-order valence-corrected chi connectivity index (χ2v) is 6.68. The third kappa shape index (κ3) is 7.47. The van der Waals surface area contributed by atoms with Gasteiger partial charge in [-0.05, 0) is 38.8 Å². The van der Waals surface area contributed by atoms with Crippen molar-refractivity contribution in [3.05, 3.63) is 35.4 Å². The number of unbranched alkanes of at least 4 members (excludes halogenated alkanes) is 5. The van der Waals surface area contributed by atoms with Gasteiger partial charge in [0.25, 0.3) is 5.97 Å². The minimum Gasteiger partial charge on any atom is -0.327 e. The van der Waals surface area contributed by atoms with Crippen LogP contribution in [0.15, 0.2) is 18.2 Å². The summed E-state index contributed by atoms with van der Waals surface area (Å²) in [6, 6.07) is 3.68. The van der Waals surface area contributed by atoms with Gasteiger partial charge >= 0.3 is 0 Å². The lowest BCUT2D eigenvalue weighted by Gasteiger charge is -2.39. The van der Waals surface area contributed by atoms with Crippen molar-refractivity contribution in [2.24, 2.45) is 0 Å². The zero-order valence-electron chi connectivity index (χ0n) is 17.4. The van der Waals surface area contributed by atoms with Crippen LogP contribution in [0.25, 0.3) is 0 Å². The molecule has 1 rings (SSSR count). The van der Waals surface area contributed by atoms with Gasteiger partial charge in [-0.25, -0.2) is 8.78 Å². The highest BCUT2D eigenvalue weighted by atomic mass is 19.1. The van der Waals surface area contributed by atoms with Crippen LogP contribution in [0.1, 0.15) is 84.1 Å². The van der Waals surface area contributed by atoms with E-state index in [1.807, 2.05) is 20.8 Å². The SMILES string of the molecule is CCCCCCCCC(c1ccc(F)cc1F)C(OCC)(OCC)OCC. The van der Waals surface area contributed by atoms with Gasteiger partial charge in [-0.3, -0.25) is 0 Å². The molecular weight excluding hydrogens is 350 g/mol. The zero-order chi connectivity index (χ0) is 20.1. The summed E-state index contributed by atoms with van der Waals surface area (Å²) in [7, 11) is 0. The molecule has 1 aromatic carbocycles. The maximum absolute atomic E-state index is 14.6. The average Bonchev–Trinajstić information content (AvgIpc) is 2.62. The summed E-state index contributed by atoms with van der Waals surface area (Å²) in [5, 5.41) is 0. The Morgan fingerprint density at radius 3 is 1.89 bits per heavy atom. The topological polar surface area (TPSA) is 27.7 Å². The Balaban J connectivity index is 3.09. The maximum atomic E-state index is 14.6. The van der Waals surface area contributed by atoms with Gasteiger partial charge in [0.2, 0.25) is 0 Å². The first-order valence-electron chi connectivity index (χ1n) is 10.4. The quantitative estimate of drug-likeness (QED) is 0.252. The largest absolute Gasteiger partial charge is 0.327 e. The molecule has 0 saturated heterocycles. The van der Waals surface area contributed by atoms with E-state index in [1.54, 1.807) is 0 Å². The van der Waals surface area contributed by atoms with Crippen LogP contribution in [0.5, 0.6) is 0 Å². The molecule has 0 aliphatic heterocycles. The van der Waals surface area contributed by atoms with Crippen LogP contribution in [0.4, 0.5) is 8.78 Å². The Morgan fingerprint density at radius 1 is 0.815 bits per heavy atom. The number of benzene rings is 1. The summed E-state index contributed by atoms with van der Waals surface area (Å²) in [5.74, 6) is -3.01. The van der Waals surface area contributed by atoms with E-state index < -0.39 is 23.5 Å². The summed E-state index contributed by atoms with van der Waals surface area (Å²) in [5.41, 5.74) is 0.375. The minimum absolute atomic E-state index is 0.371. The number of ether oxygens (including phenoxy) is 3. The maximum Gasteiger partial charge on any atom is 0.290 e. The first-order valence-corrected chi connectivity index (χ1v) is 10.4. The standard InChI is InChI=1S/C22H36F2O3/c1-5-9-10-11-12-13-14-20(19-16-15-18(23)17-21(19)24)22(25-6-2,26-7-3)27-8-4/h15-17,20H,5-14H2,1-4H3. The Bertz CT molecular complexity index is 505. The molecule has 1 unspecified atom stereocenters. The monoisotopic (exact) mass is 386 g/mol. The van der Waals surface area contributed by atoms with Gasteiger partial charge in [0.05, 0.1) is 5.92 Å². The molecule has 3 nitrogen and oxygen atoms in total. The van der Waals surface area contributed by atoms with Gasteiger partial charge in [-0.2, -0.15) is 0 Å². The molecule has 0 bridgehead atoms. The second-order valence-electron chi connectivity index (χ2n) is 6.68. The van der Waals surface area contributed by atoms with Crippen LogP contribution >= 0.6 is 0 Å². The van der Waals surface area contributed by atoms with Gasteiger partial charge in [-0.15, -0.1) is 0 Å². The highest BCUT2D eigenvalue weighted by Gasteiger charge is 2.44. The van der Waals surface area contributed by atoms with Gasteiger partial charge in [0.1, 0.15) is 11.6 Å². The molecule has 0 spiro atoms. The third-order valence-electron chi connectivity index (χ3n) is 4.65. The average molecular weight is 387 g/mol. The molecule has 5 heteroatoms. The summed E-state index contributed by atoms with van der Waals surface area (Å²) < 4.78 is 45.8. The molecule has 0 saturated carbocycles. The van der Waals surface area contributed by atoms with Crippen LogP contribution < -0.4 is 0 Å². The van der Waals surface area contributed by atoms with Crippen LogP contribution in [0.3, 0.4) is 0 Å². The molecular formula is C22H36F2O3. The summed E-state index contributed by atoms with van der Waals surface area (Å²) in [6.45, 7) is 8.87. The molecule has 0 fully saturated rings. The van der Waals surface area contributed by atoms with Crippen molar-refractivity contribution in [1.29, 1.82) is 0 Å². The second kappa shape index (κ2) is 13.2. The lowest BCUT2D eigenvalue weighted by atomic mass is 9.89. The van der Waals surface area contributed by atoms with E-state index in [-0.39, 0.29) is 0 Å². The number of hydrogen-bond acceptors (Lipinski definition) is 3. The van der Waals surface area contributed by atoms with Crippen molar-refractivity contribution in [2.75, 3.05) is 19.8 Å². The van der Waals surface area contributed by atoms with E-state index in [2.05, 4.69) is 6.92 Å². The predicted octanol–water partition coefficient (Wildman–Crippen LogP) is 6.56. The van der Waals surface area contributed by atoms with E-state index in [0.29, 0.717) is 31.8 Å². The van der Waals surface area contributed by atoms with Crippen molar-refractivity contribution in [3.63, 3.8) is 0 Å². The number of hydrogen-bond donors (Lipinski definition) is 0. The fraction of sp³-hybridized carbons (Fsp3) is 0.727. The van der Waals surface area contributed by atoms with E-state index in [4.69, 9.17) is 14.2 Å². The summed E-state index contributed by atoms with van der Waals surface area (Å²) >= 11 is 0. The molecule has 0 heterocycles. The lowest BCUT2D eigenvalue weighted by molar-refractivity contribution is -0.389. The first kappa shape index (κ1) is 24.0. The lowest BCUT2D eigenvalue weighted by Crippen LogP contribution is -2.45. The van der Waals surface area contributed by atoms with Gasteiger partial charge in [-0.1, -0.05) is 51.5 Å². The third-order valence-corrected chi connectivity index (χ3v) is 4.65. The van der Waals surface area contributed by atoms with Gasteiger partial charge in [0.15, 0.2) is 0 Å². The van der Waals surface area contributed by atoms with Crippen molar-refractivity contribution in [1.82, 2.24) is 0 Å². The molecule has 0 radical (unpaired) electrons. The Morgan fingerprint density at radius 2 is 1.37 bits per heavy atom. The van der Waals surface area contributed by atoms with Crippen molar-refractivity contribution < 1.29 is 23.0 Å². The Labute approximate surface area is 163 Å². The zero-order valence-corrected chi connectivity index (χ0v) is 17.4. The highest BCUT2D eigenvalue weighted by Crippen LogP contribution is 2.39. The molecule has 1 aromatic rings. The minimum atomic E-state index is -1.36. The smallest absolute Gasteiger partial charge is 0.290 e. The first-order chi connectivity index (χ1) is 13.0. The molecule has 1 atom stereocenters. The van der Waals surface area contributed by atoms with Crippen LogP contribution in [0, 0.1) is 11.6 Å². The van der Waals surface area contributed by atoms with Crippen LogP contribution in [0.2, 0.25) is 0 Å². The highest BCUT2D eigenvalue weighted by molar-refractivity contribution is 5.24. The van der Waals surface area contributed by atoms with Gasteiger partial charge in [0, 0.05) is 25.9 Å². The van der Waals surface area contributed by atoms with E-state index >= 15 is 0 Å². The summed E-state index contributed by atoms with van der Waals surface area (Å²) in [6.07, 6.45) is 7.40. The van der Waals surface area contributed by atoms with E-state index in [0.717, 1.165) is 25.3 Å². The molecule has 0 aliphatic rings. The van der Waals surface area contributed by atoms with Crippen molar-refractivity contribution in [3.8, 4) is 0 Å². The van der Waals surface area contributed by atoms with Gasteiger partial charge < -0.3 is 14.2 Å². The molecule has 0 amide bonds. The van der Waals surface area contributed by atoms with Crippen molar-refractivity contribution >= 4 is 0 Å². The normalized spacial score (nSPS) is 13.1. The summed E-state index contributed by atoms with van der Waals surface area (Å²) in [4.78, 5) is 0. The van der Waals surface area contributed by atoms with Crippen molar-refractivity contribution in [2.45, 2.75) is 84.5 Å². The number of rotatable bonds is 15. The molecule has 27 heavy (non-hydrogen) atoms. The Kier molecular flexibility index (Phi) is 11.7. The van der Waals surface area contributed by atoms with E-state index in [1.165, 1.54) is 31.4 Å². The molecule has 0 aromatic heterocycles. The fourth-order valence-electron chi connectivity index (χ4n) is 3.47. The Hall–Kier alpha value is -1.04. The molecule has 0 N–H and O–H groups in total. The van der Waals surface area contributed by atoms with E-state index in [9.17, 15) is 8.78 Å². The van der Waals surface area contributed by atoms with Crippen LogP contribution in [-0.4, -0.2) is 25.8 Å². The predicted molar refractivity (Wildman–Crippen MR) is 105 cm³/mol. The number of halogens is 2. The fourth-order valence-corrected chi connectivity index (χ4v) is 3.47. The molecule has 0 aliphatic carbocycles. The van der Waals surface area contributed by atoms with Crippen LogP contribution in [-0.2, 0) is 14.2 Å².